The zero-order chi connectivity index (χ0) is 16.8. The summed E-state index contributed by atoms with van der Waals surface area (Å²) in [6.45, 7) is 0.414. The number of amides is 1. The summed E-state index contributed by atoms with van der Waals surface area (Å²) in [5.41, 5.74) is 2.82. The van der Waals surface area contributed by atoms with Crippen molar-refractivity contribution in [2.45, 2.75) is 18.9 Å². The van der Waals surface area contributed by atoms with E-state index >= 15 is 0 Å². The highest BCUT2D eigenvalue weighted by Gasteiger charge is 2.21. The van der Waals surface area contributed by atoms with E-state index in [4.69, 9.17) is 0 Å². The van der Waals surface area contributed by atoms with Gasteiger partial charge in [-0.05, 0) is 35.7 Å². The van der Waals surface area contributed by atoms with E-state index in [0.29, 0.717) is 13.0 Å². The van der Waals surface area contributed by atoms with Crippen molar-refractivity contribution in [1.82, 2.24) is 15.5 Å². The van der Waals surface area contributed by atoms with E-state index in [1.807, 2.05) is 48.5 Å². The van der Waals surface area contributed by atoms with Crippen LogP contribution in [-0.2, 0) is 17.8 Å². The molecule has 3 aromatic rings. The number of nitrogens with one attached hydrogen (secondary N) is 2. The van der Waals surface area contributed by atoms with Crippen LogP contribution in [0.15, 0.2) is 66.9 Å². The van der Waals surface area contributed by atoms with E-state index in [-0.39, 0.29) is 17.6 Å². The second-order valence-corrected chi connectivity index (χ2v) is 5.63. The molecule has 1 atom stereocenters. The second kappa shape index (κ2) is 7.46. The van der Waals surface area contributed by atoms with Crippen molar-refractivity contribution in [3.63, 3.8) is 0 Å². The monoisotopic (exact) mass is 321 g/mol. The zero-order valence-corrected chi connectivity index (χ0v) is 13.1. The first-order valence-electron chi connectivity index (χ1n) is 7.81. The molecule has 1 unspecified atom stereocenters. The van der Waals surface area contributed by atoms with Gasteiger partial charge in [0.15, 0.2) is 0 Å². The summed E-state index contributed by atoms with van der Waals surface area (Å²) in [4.78, 5) is 12.7. The molecule has 0 radical (unpaired) electrons. The van der Waals surface area contributed by atoms with Crippen molar-refractivity contribution in [2.75, 3.05) is 0 Å². The fourth-order valence-electron chi connectivity index (χ4n) is 2.60. The van der Waals surface area contributed by atoms with Gasteiger partial charge in [0.2, 0.25) is 5.91 Å². The number of rotatable bonds is 6. The molecule has 0 aliphatic heterocycles. The largest absolute Gasteiger partial charge is 0.508 e. The van der Waals surface area contributed by atoms with Crippen LogP contribution in [0.4, 0.5) is 0 Å². The van der Waals surface area contributed by atoms with Crippen LogP contribution in [0.3, 0.4) is 0 Å². The van der Waals surface area contributed by atoms with Crippen LogP contribution in [0, 0.1) is 0 Å². The lowest BCUT2D eigenvalue weighted by Gasteiger charge is -2.17. The minimum atomic E-state index is -0.293. The van der Waals surface area contributed by atoms with Gasteiger partial charge >= 0.3 is 0 Å². The first kappa shape index (κ1) is 15.8. The van der Waals surface area contributed by atoms with Crippen molar-refractivity contribution in [2.24, 2.45) is 0 Å². The lowest BCUT2D eigenvalue weighted by Crippen LogP contribution is -2.30. The third-order valence-electron chi connectivity index (χ3n) is 3.91. The van der Waals surface area contributed by atoms with Gasteiger partial charge in [-0.2, -0.15) is 5.10 Å². The van der Waals surface area contributed by atoms with Crippen molar-refractivity contribution in [3.8, 4) is 5.75 Å². The molecule has 2 aromatic carbocycles. The fraction of sp³-hybridized carbons (Fsp3) is 0.158. The Morgan fingerprint density at radius 2 is 1.83 bits per heavy atom. The molecule has 1 amide bonds. The van der Waals surface area contributed by atoms with Gasteiger partial charge in [-0.25, -0.2) is 0 Å². The quantitative estimate of drug-likeness (QED) is 0.653. The Balaban J connectivity index is 1.76. The zero-order valence-electron chi connectivity index (χ0n) is 13.1. The molecule has 1 heterocycles. The highest BCUT2D eigenvalue weighted by atomic mass is 16.3. The standard InChI is InChI=1S/C19H19N3O2/c23-17-8-6-14(7-9-17)12-18(15-4-2-1-3-5-15)19(24)20-13-16-10-11-21-22-16/h1-11,18,23H,12-13H2,(H,20,24)(H,21,22). The third-order valence-corrected chi connectivity index (χ3v) is 3.91. The molecule has 0 spiro atoms. The van der Waals surface area contributed by atoms with Crippen LogP contribution in [0.2, 0.25) is 0 Å². The lowest BCUT2D eigenvalue weighted by molar-refractivity contribution is -0.122. The van der Waals surface area contributed by atoms with Crippen molar-refractivity contribution in [3.05, 3.63) is 83.7 Å². The van der Waals surface area contributed by atoms with Gasteiger partial charge in [0.05, 0.1) is 18.2 Å². The van der Waals surface area contributed by atoms with Crippen LogP contribution < -0.4 is 5.32 Å². The number of phenolic OH excluding ortho intramolecular Hbond substituents is 1. The molecule has 0 bridgehead atoms. The van der Waals surface area contributed by atoms with E-state index in [1.165, 1.54) is 0 Å². The summed E-state index contributed by atoms with van der Waals surface area (Å²) in [5.74, 6) is -0.110. The highest BCUT2D eigenvalue weighted by molar-refractivity contribution is 5.84. The van der Waals surface area contributed by atoms with Crippen LogP contribution in [-0.4, -0.2) is 21.2 Å². The smallest absolute Gasteiger partial charge is 0.228 e. The highest BCUT2D eigenvalue weighted by Crippen LogP contribution is 2.22. The predicted octanol–water partition coefficient (Wildman–Crippen LogP) is 2.76. The van der Waals surface area contributed by atoms with Gasteiger partial charge in [0, 0.05) is 6.20 Å². The molecule has 0 fully saturated rings. The number of aromatic hydroxyl groups is 1. The Morgan fingerprint density at radius 3 is 2.50 bits per heavy atom. The number of aromatic amines is 1. The minimum absolute atomic E-state index is 0.0381. The van der Waals surface area contributed by atoms with E-state index < -0.39 is 0 Å². The summed E-state index contributed by atoms with van der Waals surface area (Å²) in [5, 5.41) is 19.1. The van der Waals surface area contributed by atoms with E-state index in [9.17, 15) is 9.90 Å². The Morgan fingerprint density at radius 1 is 1.08 bits per heavy atom. The van der Waals surface area contributed by atoms with Gasteiger partial charge in [-0.15, -0.1) is 0 Å². The number of carbonyl (C=O) groups excluding carboxylic acids is 1. The summed E-state index contributed by atoms with van der Waals surface area (Å²) < 4.78 is 0. The van der Waals surface area contributed by atoms with Gasteiger partial charge in [-0.1, -0.05) is 42.5 Å². The number of aromatic nitrogens is 2. The van der Waals surface area contributed by atoms with Gasteiger partial charge < -0.3 is 10.4 Å². The molecule has 0 saturated carbocycles. The molecule has 122 valence electrons. The van der Waals surface area contributed by atoms with Crippen LogP contribution >= 0.6 is 0 Å². The topological polar surface area (TPSA) is 78.0 Å². The predicted molar refractivity (Wildman–Crippen MR) is 91.4 cm³/mol. The normalized spacial score (nSPS) is 11.8. The molecule has 0 saturated heterocycles. The Kier molecular flexibility index (Phi) is 4.91. The van der Waals surface area contributed by atoms with E-state index in [2.05, 4.69) is 15.5 Å². The van der Waals surface area contributed by atoms with Crippen LogP contribution in [0.25, 0.3) is 0 Å². The van der Waals surface area contributed by atoms with Gasteiger partial charge in [0.1, 0.15) is 5.75 Å². The molecule has 24 heavy (non-hydrogen) atoms. The van der Waals surface area contributed by atoms with Crippen molar-refractivity contribution in [1.29, 1.82) is 0 Å². The molecule has 1 aromatic heterocycles. The fourth-order valence-corrected chi connectivity index (χ4v) is 2.60. The number of H-pyrrole nitrogens is 1. The lowest BCUT2D eigenvalue weighted by atomic mass is 9.91. The van der Waals surface area contributed by atoms with Crippen molar-refractivity contribution < 1.29 is 9.90 Å². The minimum Gasteiger partial charge on any atom is -0.508 e. The first-order chi connectivity index (χ1) is 11.7. The van der Waals surface area contributed by atoms with E-state index in [1.54, 1.807) is 18.3 Å². The Hall–Kier alpha value is -3.08. The molecule has 5 heteroatoms. The first-order valence-corrected chi connectivity index (χ1v) is 7.81. The number of phenols is 1. The summed E-state index contributed by atoms with van der Waals surface area (Å²) in [6.07, 6.45) is 2.23. The van der Waals surface area contributed by atoms with Gasteiger partial charge in [0.25, 0.3) is 0 Å². The number of nitrogens with zero attached hydrogens (tertiary/aromatic N) is 1. The maximum Gasteiger partial charge on any atom is 0.228 e. The summed E-state index contributed by atoms with van der Waals surface area (Å²) in [6, 6.07) is 18.5. The average molecular weight is 321 g/mol. The number of benzene rings is 2. The third kappa shape index (κ3) is 4.01. The molecule has 3 N–H and O–H groups in total. The maximum absolute atomic E-state index is 12.7. The molecule has 0 aliphatic rings. The summed E-state index contributed by atoms with van der Waals surface area (Å²) in [7, 11) is 0. The van der Waals surface area contributed by atoms with Crippen molar-refractivity contribution >= 4 is 5.91 Å². The van der Waals surface area contributed by atoms with Crippen LogP contribution in [0.5, 0.6) is 5.75 Å². The van der Waals surface area contributed by atoms with Crippen LogP contribution in [0.1, 0.15) is 22.7 Å². The second-order valence-electron chi connectivity index (χ2n) is 5.63. The maximum atomic E-state index is 12.7. The Labute approximate surface area is 140 Å². The van der Waals surface area contributed by atoms with Gasteiger partial charge in [-0.3, -0.25) is 9.89 Å². The molecular weight excluding hydrogens is 302 g/mol. The molecular formula is C19H19N3O2. The molecule has 5 nitrogen and oxygen atoms in total. The number of hydrogen-bond acceptors (Lipinski definition) is 3. The number of hydrogen-bond donors (Lipinski definition) is 3. The average Bonchev–Trinajstić information content (AvgIpc) is 3.13. The molecule has 0 aliphatic carbocycles. The molecule has 3 rings (SSSR count). The number of carbonyl (C=O) groups is 1. The van der Waals surface area contributed by atoms with E-state index in [0.717, 1.165) is 16.8 Å². The SMILES string of the molecule is O=C(NCc1ccn[nH]1)C(Cc1ccc(O)cc1)c1ccccc1. The Bertz CT molecular complexity index is 768. The summed E-state index contributed by atoms with van der Waals surface area (Å²) >= 11 is 0.